The molecule has 22 heavy (non-hydrogen) atoms. The molecule has 0 atom stereocenters. The number of amides is 2. The molecule has 0 aliphatic carbocycles. The number of rotatable bonds is 5. The van der Waals surface area contributed by atoms with E-state index in [0.717, 1.165) is 6.54 Å². The first-order valence-electron chi connectivity index (χ1n) is 7.59. The summed E-state index contributed by atoms with van der Waals surface area (Å²) in [4.78, 5) is 14.4. The van der Waals surface area contributed by atoms with Crippen molar-refractivity contribution in [1.82, 2.24) is 4.90 Å². The largest absolute Gasteiger partial charge is 0.489 e. The Hall–Kier alpha value is -1.75. The number of likely N-dealkylation sites (tertiary alicyclic amines) is 1. The summed E-state index contributed by atoms with van der Waals surface area (Å²) in [6.07, 6.45) is 0. The summed E-state index contributed by atoms with van der Waals surface area (Å²) >= 11 is 0. The molecule has 1 aromatic carbocycles. The number of ether oxygens (including phenoxy) is 2. The summed E-state index contributed by atoms with van der Waals surface area (Å²) in [5.41, 5.74) is 0.644. The SMILES string of the molecule is COCCOc1ccccc1NC(=O)N1CC(C)(C)C1(C)C. The lowest BCUT2D eigenvalue weighted by Crippen LogP contribution is -2.71. The second-order valence-electron chi connectivity index (χ2n) is 6.80. The van der Waals surface area contributed by atoms with Gasteiger partial charge in [0, 0.05) is 24.6 Å². The molecule has 122 valence electrons. The maximum atomic E-state index is 12.5. The summed E-state index contributed by atoms with van der Waals surface area (Å²) in [6, 6.07) is 7.36. The van der Waals surface area contributed by atoms with E-state index in [1.807, 2.05) is 29.2 Å². The fraction of sp³-hybridized carbons (Fsp3) is 0.588. The predicted octanol–water partition coefficient (Wildman–Crippen LogP) is 3.36. The third-order valence-electron chi connectivity index (χ3n) is 4.80. The lowest BCUT2D eigenvalue weighted by molar-refractivity contribution is -0.0770. The molecule has 0 radical (unpaired) electrons. The van der Waals surface area contributed by atoms with Gasteiger partial charge >= 0.3 is 6.03 Å². The summed E-state index contributed by atoms with van der Waals surface area (Å²) in [7, 11) is 1.63. The number of anilines is 1. The highest BCUT2D eigenvalue weighted by Crippen LogP contribution is 2.46. The zero-order valence-electron chi connectivity index (χ0n) is 14.1. The molecule has 0 aromatic heterocycles. The van der Waals surface area contributed by atoms with E-state index < -0.39 is 0 Å². The second kappa shape index (κ2) is 6.16. The minimum absolute atomic E-state index is 0.0906. The Morgan fingerprint density at radius 1 is 1.23 bits per heavy atom. The maximum Gasteiger partial charge on any atom is 0.322 e. The molecule has 1 N–H and O–H groups in total. The van der Waals surface area contributed by atoms with Crippen molar-refractivity contribution in [3.8, 4) is 5.75 Å². The summed E-state index contributed by atoms with van der Waals surface area (Å²) in [5, 5.41) is 2.95. The molecule has 1 fully saturated rings. The molecular formula is C17H26N2O3. The van der Waals surface area contributed by atoms with Crippen LogP contribution in [0, 0.1) is 5.41 Å². The Morgan fingerprint density at radius 3 is 2.50 bits per heavy atom. The summed E-state index contributed by atoms with van der Waals surface area (Å²) in [6.45, 7) is 10.3. The molecular weight excluding hydrogens is 280 g/mol. The number of methoxy groups -OCH3 is 1. The number of urea groups is 1. The van der Waals surface area contributed by atoms with E-state index in [4.69, 9.17) is 9.47 Å². The van der Waals surface area contributed by atoms with Gasteiger partial charge in [-0.2, -0.15) is 0 Å². The van der Waals surface area contributed by atoms with Crippen LogP contribution < -0.4 is 10.1 Å². The summed E-state index contributed by atoms with van der Waals surface area (Å²) in [5.74, 6) is 0.658. The van der Waals surface area contributed by atoms with Crippen molar-refractivity contribution in [3.05, 3.63) is 24.3 Å². The molecule has 1 saturated heterocycles. The van der Waals surface area contributed by atoms with Gasteiger partial charge in [-0.15, -0.1) is 0 Å². The minimum Gasteiger partial charge on any atom is -0.489 e. The predicted molar refractivity (Wildman–Crippen MR) is 87.4 cm³/mol. The van der Waals surface area contributed by atoms with E-state index >= 15 is 0 Å². The van der Waals surface area contributed by atoms with E-state index in [1.165, 1.54) is 0 Å². The molecule has 2 rings (SSSR count). The normalized spacial score (nSPS) is 18.5. The fourth-order valence-corrected chi connectivity index (χ4v) is 2.50. The van der Waals surface area contributed by atoms with Gasteiger partial charge in [0.05, 0.1) is 12.3 Å². The number of benzene rings is 1. The maximum absolute atomic E-state index is 12.5. The number of carbonyl (C=O) groups is 1. The molecule has 0 unspecified atom stereocenters. The number of nitrogens with one attached hydrogen (secondary N) is 1. The van der Waals surface area contributed by atoms with Crippen LogP contribution in [-0.4, -0.2) is 43.3 Å². The van der Waals surface area contributed by atoms with Crippen LogP contribution in [-0.2, 0) is 4.74 Å². The number of nitrogens with zero attached hydrogens (tertiary/aromatic N) is 1. The van der Waals surface area contributed by atoms with Crippen LogP contribution in [0.5, 0.6) is 5.75 Å². The van der Waals surface area contributed by atoms with Crippen LogP contribution in [0.15, 0.2) is 24.3 Å². The fourth-order valence-electron chi connectivity index (χ4n) is 2.50. The van der Waals surface area contributed by atoms with E-state index in [1.54, 1.807) is 7.11 Å². The first kappa shape index (κ1) is 16.6. The standard InChI is InChI=1S/C17H26N2O3/c1-16(2)12-19(17(16,3)4)15(20)18-13-8-6-7-9-14(13)22-11-10-21-5/h6-9H,10-12H2,1-5H3,(H,18,20). The Labute approximate surface area is 132 Å². The Morgan fingerprint density at radius 2 is 1.91 bits per heavy atom. The molecule has 1 heterocycles. The lowest BCUT2D eigenvalue weighted by atomic mass is 9.65. The Balaban J connectivity index is 2.04. The molecule has 1 aliphatic heterocycles. The number of carbonyl (C=O) groups excluding carboxylic acids is 1. The smallest absolute Gasteiger partial charge is 0.322 e. The van der Waals surface area contributed by atoms with E-state index in [9.17, 15) is 4.79 Å². The monoisotopic (exact) mass is 306 g/mol. The van der Waals surface area contributed by atoms with Crippen LogP contribution in [0.25, 0.3) is 0 Å². The Kier molecular flexibility index (Phi) is 4.66. The zero-order chi connectivity index (χ0) is 16.4. The van der Waals surface area contributed by atoms with Crippen LogP contribution >= 0.6 is 0 Å². The highest BCUT2D eigenvalue weighted by molar-refractivity contribution is 5.92. The highest BCUT2D eigenvalue weighted by Gasteiger charge is 2.54. The van der Waals surface area contributed by atoms with Gasteiger partial charge < -0.3 is 19.7 Å². The van der Waals surface area contributed by atoms with Crippen molar-refractivity contribution in [2.24, 2.45) is 5.41 Å². The van der Waals surface area contributed by atoms with Crippen LogP contribution in [0.4, 0.5) is 10.5 Å². The van der Waals surface area contributed by atoms with Crippen molar-refractivity contribution < 1.29 is 14.3 Å². The molecule has 5 heteroatoms. The molecule has 2 amide bonds. The molecule has 5 nitrogen and oxygen atoms in total. The van der Waals surface area contributed by atoms with Crippen molar-refractivity contribution in [3.63, 3.8) is 0 Å². The van der Waals surface area contributed by atoms with Gasteiger partial charge in [0.2, 0.25) is 0 Å². The van der Waals surface area contributed by atoms with Crippen LogP contribution in [0.3, 0.4) is 0 Å². The Bertz CT molecular complexity index is 540. The zero-order valence-corrected chi connectivity index (χ0v) is 14.1. The minimum atomic E-state index is -0.164. The summed E-state index contributed by atoms with van der Waals surface area (Å²) < 4.78 is 10.6. The van der Waals surface area contributed by atoms with Crippen LogP contribution in [0.1, 0.15) is 27.7 Å². The molecule has 1 aliphatic rings. The van der Waals surface area contributed by atoms with Crippen LogP contribution in [0.2, 0.25) is 0 Å². The van der Waals surface area contributed by atoms with Gasteiger partial charge in [-0.3, -0.25) is 0 Å². The highest BCUT2D eigenvalue weighted by atomic mass is 16.5. The third-order valence-corrected chi connectivity index (χ3v) is 4.80. The van der Waals surface area contributed by atoms with Gasteiger partial charge in [0.15, 0.2) is 0 Å². The van der Waals surface area contributed by atoms with Crippen molar-refractivity contribution >= 4 is 11.7 Å². The molecule has 1 aromatic rings. The topological polar surface area (TPSA) is 50.8 Å². The van der Waals surface area contributed by atoms with E-state index in [-0.39, 0.29) is 17.0 Å². The van der Waals surface area contributed by atoms with Crippen molar-refractivity contribution in [1.29, 1.82) is 0 Å². The van der Waals surface area contributed by atoms with Crippen molar-refractivity contribution in [2.45, 2.75) is 33.2 Å². The van der Waals surface area contributed by atoms with Gasteiger partial charge in [0.25, 0.3) is 0 Å². The average Bonchev–Trinajstić information content (AvgIpc) is 2.46. The van der Waals surface area contributed by atoms with Crippen molar-refractivity contribution in [2.75, 3.05) is 32.2 Å². The lowest BCUT2D eigenvalue weighted by Gasteiger charge is -2.60. The van der Waals surface area contributed by atoms with Gasteiger partial charge in [-0.05, 0) is 26.0 Å². The van der Waals surface area contributed by atoms with E-state index in [0.29, 0.717) is 24.7 Å². The third kappa shape index (κ3) is 3.04. The second-order valence-corrected chi connectivity index (χ2v) is 6.80. The quantitative estimate of drug-likeness (QED) is 0.849. The number of hydrogen-bond acceptors (Lipinski definition) is 3. The van der Waals surface area contributed by atoms with Gasteiger partial charge in [-0.1, -0.05) is 26.0 Å². The van der Waals surface area contributed by atoms with Gasteiger partial charge in [0.1, 0.15) is 12.4 Å². The first-order chi connectivity index (χ1) is 10.3. The molecule has 0 bridgehead atoms. The van der Waals surface area contributed by atoms with E-state index in [2.05, 4.69) is 33.0 Å². The van der Waals surface area contributed by atoms with Gasteiger partial charge in [-0.25, -0.2) is 4.79 Å². The first-order valence-corrected chi connectivity index (χ1v) is 7.59. The number of hydrogen-bond donors (Lipinski definition) is 1. The number of para-hydroxylation sites is 2. The molecule has 0 saturated carbocycles. The molecule has 0 spiro atoms. The average molecular weight is 306 g/mol.